The summed E-state index contributed by atoms with van der Waals surface area (Å²) in [6.45, 7) is 0. The van der Waals surface area contributed by atoms with Crippen molar-refractivity contribution in [1.82, 2.24) is 0 Å². The lowest BCUT2D eigenvalue weighted by atomic mass is 10.1. The Morgan fingerprint density at radius 3 is 1.65 bits per heavy atom. The minimum absolute atomic E-state index is 0.0571. The minimum Gasteiger partial charge on any atom is -0.469 e. The molecule has 0 saturated carbocycles. The molecule has 1 atom stereocenters. The van der Waals surface area contributed by atoms with Gasteiger partial charge in [-0.25, -0.2) is 0 Å². The molecule has 0 fully saturated rings. The SMILES string of the molecule is COC(=O)C[C@H](c1ccccc1)P(=O)(c1ccccc1)c1ccccc1. The standard InChI is InChI=1S/C22H21O3P/c1-25-22(23)17-21(18-11-5-2-6-12-18)26(24,19-13-7-3-8-14-19)20-15-9-4-10-16-20/h2-16,21H,17H2,1H3/t21-/m1/s1. The number of benzene rings is 3. The van der Waals surface area contributed by atoms with Crippen LogP contribution in [-0.4, -0.2) is 13.1 Å². The van der Waals surface area contributed by atoms with Crippen LogP contribution in [0.3, 0.4) is 0 Å². The van der Waals surface area contributed by atoms with E-state index in [0.29, 0.717) is 0 Å². The third-order valence-electron chi connectivity index (χ3n) is 4.49. The summed E-state index contributed by atoms with van der Waals surface area (Å²) in [7, 11) is -1.76. The van der Waals surface area contributed by atoms with Crippen LogP contribution < -0.4 is 10.6 Å². The van der Waals surface area contributed by atoms with Crippen LogP contribution in [0, 0.1) is 0 Å². The molecule has 26 heavy (non-hydrogen) atoms. The molecular weight excluding hydrogens is 343 g/mol. The first-order valence-corrected chi connectivity index (χ1v) is 10.3. The number of esters is 1. The van der Waals surface area contributed by atoms with Crippen LogP contribution in [0.5, 0.6) is 0 Å². The zero-order valence-electron chi connectivity index (χ0n) is 14.6. The molecule has 0 aliphatic carbocycles. The van der Waals surface area contributed by atoms with Crippen molar-refractivity contribution in [1.29, 1.82) is 0 Å². The fraction of sp³-hybridized carbons (Fsp3) is 0.136. The molecule has 0 saturated heterocycles. The largest absolute Gasteiger partial charge is 0.469 e. The van der Waals surface area contributed by atoms with E-state index in [4.69, 9.17) is 4.74 Å². The Balaban J connectivity index is 2.23. The van der Waals surface area contributed by atoms with Crippen molar-refractivity contribution in [2.45, 2.75) is 12.1 Å². The smallest absolute Gasteiger partial charge is 0.306 e. The summed E-state index contributed by atoms with van der Waals surface area (Å²) < 4.78 is 19.5. The maximum atomic E-state index is 14.6. The molecule has 3 rings (SSSR count). The molecule has 0 unspecified atom stereocenters. The van der Waals surface area contributed by atoms with Gasteiger partial charge in [0, 0.05) is 10.6 Å². The molecule has 0 spiro atoms. The van der Waals surface area contributed by atoms with Crippen LogP contribution >= 0.6 is 7.14 Å². The highest BCUT2D eigenvalue weighted by atomic mass is 31.2. The Labute approximate surface area is 154 Å². The first-order chi connectivity index (χ1) is 12.7. The number of ether oxygens (including phenoxy) is 1. The third kappa shape index (κ3) is 3.63. The van der Waals surface area contributed by atoms with E-state index >= 15 is 0 Å². The molecule has 3 nitrogen and oxygen atoms in total. The maximum absolute atomic E-state index is 14.6. The molecule has 0 bridgehead atoms. The zero-order valence-corrected chi connectivity index (χ0v) is 15.5. The fourth-order valence-corrected chi connectivity index (χ4v) is 6.43. The van der Waals surface area contributed by atoms with Crippen molar-refractivity contribution >= 4 is 23.7 Å². The molecular formula is C22H21O3P. The average Bonchev–Trinajstić information content (AvgIpc) is 2.73. The molecule has 0 amide bonds. The van der Waals surface area contributed by atoms with E-state index in [-0.39, 0.29) is 12.4 Å². The Morgan fingerprint density at radius 1 is 0.808 bits per heavy atom. The van der Waals surface area contributed by atoms with Crippen molar-refractivity contribution in [3.8, 4) is 0 Å². The lowest BCUT2D eigenvalue weighted by Crippen LogP contribution is -2.23. The normalized spacial score (nSPS) is 12.3. The Bertz CT molecular complexity index is 849. The van der Waals surface area contributed by atoms with Gasteiger partial charge in [-0.05, 0) is 5.56 Å². The molecule has 3 aromatic carbocycles. The van der Waals surface area contributed by atoms with Crippen LogP contribution in [0.4, 0.5) is 0 Å². The van der Waals surface area contributed by atoms with Gasteiger partial charge in [0.05, 0.1) is 19.2 Å². The number of carbonyl (C=O) groups excluding carboxylic acids is 1. The highest BCUT2D eigenvalue weighted by Crippen LogP contribution is 2.58. The van der Waals surface area contributed by atoms with Gasteiger partial charge in [-0.1, -0.05) is 91.0 Å². The summed E-state index contributed by atoms with van der Waals surface area (Å²) in [5, 5.41) is 1.48. The monoisotopic (exact) mass is 364 g/mol. The Morgan fingerprint density at radius 2 is 1.23 bits per heavy atom. The highest BCUT2D eigenvalue weighted by Gasteiger charge is 2.39. The van der Waals surface area contributed by atoms with E-state index < -0.39 is 12.8 Å². The number of methoxy groups -OCH3 is 1. The quantitative estimate of drug-likeness (QED) is 0.484. The van der Waals surface area contributed by atoms with E-state index in [1.165, 1.54) is 7.11 Å². The number of hydrogen-bond acceptors (Lipinski definition) is 3. The van der Waals surface area contributed by atoms with Gasteiger partial charge < -0.3 is 9.30 Å². The lowest BCUT2D eigenvalue weighted by molar-refractivity contribution is -0.140. The van der Waals surface area contributed by atoms with Crippen molar-refractivity contribution < 1.29 is 14.1 Å². The molecule has 4 heteroatoms. The summed E-state index contributed by atoms with van der Waals surface area (Å²) in [6.07, 6.45) is 0.0571. The molecule has 0 radical (unpaired) electrons. The van der Waals surface area contributed by atoms with E-state index in [1.54, 1.807) is 0 Å². The van der Waals surface area contributed by atoms with Crippen molar-refractivity contribution in [3.05, 3.63) is 96.6 Å². The second-order valence-corrected chi connectivity index (χ2v) is 9.01. The lowest BCUT2D eigenvalue weighted by Gasteiger charge is -2.28. The molecule has 3 aromatic rings. The Kier molecular flexibility index (Phi) is 5.70. The average molecular weight is 364 g/mol. The van der Waals surface area contributed by atoms with Crippen LogP contribution in [0.2, 0.25) is 0 Å². The first-order valence-electron chi connectivity index (χ1n) is 8.49. The minimum atomic E-state index is -3.12. The van der Waals surface area contributed by atoms with Crippen LogP contribution in [-0.2, 0) is 14.1 Å². The molecule has 0 heterocycles. The van der Waals surface area contributed by atoms with E-state index in [9.17, 15) is 9.36 Å². The predicted octanol–water partition coefficient (Wildman–Crippen LogP) is 4.30. The highest BCUT2D eigenvalue weighted by molar-refractivity contribution is 7.79. The first kappa shape index (κ1) is 18.2. The van der Waals surface area contributed by atoms with Crippen LogP contribution in [0.1, 0.15) is 17.6 Å². The zero-order chi connectivity index (χ0) is 18.4. The second kappa shape index (κ2) is 8.16. The van der Waals surface area contributed by atoms with E-state index in [2.05, 4.69) is 0 Å². The van der Waals surface area contributed by atoms with Gasteiger partial charge in [0.2, 0.25) is 0 Å². The molecule has 132 valence electrons. The fourth-order valence-electron chi connectivity index (χ4n) is 3.18. The van der Waals surface area contributed by atoms with E-state index in [1.807, 2.05) is 91.0 Å². The van der Waals surface area contributed by atoms with Gasteiger partial charge in [-0.15, -0.1) is 0 Å². The van der Waals surface area contributed by atoms with Gasteiger partial charge in [0.15, 0.2) is 7.14 Å². The summed E-state index contributed by atoms with van der Waals surface area (Å²) in [5.41, 5.74) is 0.384. The second-order valence-electron chi connectivity index (χ2n) is 6.04. The number of hydrogen-bond donors (Lipinski definition) is 0. The van der Waals surface area contributed by atoms with Crippen LogP contribution in [0.25, 0.3) is 0 Å². The number of rotatable bonds is 6. The predicted molar refractivity (Wildman–Crippen MR) is 106 cm³/mol. The van der Waals surface area contributed by atoms with Crippen molar-refractivity contribution in [3.63, 3.8) is 0 Å². The maximum Gasteiger partial charge on any atom is 0.306 e. The van der Waals surface area contributed by atoms with Gasteiger partial charge >= 0.3 is 5.97 Å². The van der Waals surface area contributed by atoms with Gasteiger partial charge in [0.1, 0.15) is 0 Å². The van der Waals surface area contributed by atoms with E-state index in [0.717, 1.165) is 16.2 Å². The number of carbonyl (C=O) groups is 1. The van der Waals surface area contributed by atoms with Crippen LogP contribution in [0.15, 0.2) is 91.0 Å². The van der Waals surface area contributed by atoms with Gasteiger partial charge in [-0.3, -0.25) is 4.79 Å². The van der Waals surface area contributed by atoms with Gasteiger partial charge in [0.25, 0.3) is 0 Å². The molecule has 0 N–H and O–H groups in total. The van der Waals surface area contributed by atoms with Crippen molar-refractivity contribution in [2.75, 3.05) is 7.11 Å². The summed E-state index contributed by atoms with van der Waals surface area (Å²) in [6, 6.07) is 28.4. The Hall–Kier alpha value is -2.64. The molecule has 0 aliphatic heterocycles. The molecule has 0 aliphatic rings. The van der Waals surface area contributed by atoms with Crippen molar-refractivity contribution in [2.24, 2.45) is 0 Å². The van der Waals surface area contributed by atoms with Gasteiger partial charge in [-0.2, -0.15) is 0 Å². The summed E-state index contributed by atoms with van der Waals surface area (Å²) >= 11 is 0. The molecule has 0 aromatic heterocycles. The summed E-state index contributed by atoms with van der Waals surface area (Å²) in [5.74, 6) is -0.369. The topological polar surface area (TPSA) is 43.4 Å². The summed E-state index contributed by atoms with van der Waals surface area (Å²) in [4.78, 5) is 12.2. The third-order valence-corrected chi connectivity index (χ3v) is 7.98.